The summed E-state index contributed by atoms with van der Waals surface area (Å²) in [7, 11) is -3.58. The average molecular weight is 1020 g/mol. The smallest absolute Gasteiger partial charge is 0.399 e. The second-order valence-electron chi connectivity index (χ2n) is 20.5. The molecular weight excluding hydrogens is 959 g/mol. The van der Waals surface area contributed by atoms with Gasteiger partial charge in [-0.1, -0.05) is 238 Å². The first kappa shape index (κ1) is 47.7. The van der Waals surface area contributed by atoms with Crippen LogP contribution in [0.5, 0.6) is 5.75 Å². The third-order valence-corrected chi connectivity index (χ3v) is 18.8. The predicted octanol–water partition coefficient (Wildman–Crippen LogP) is 16.2. The fourth-order valence-electron chi connectivity index (χ4n) is 11.6. The van der Waals surface area contributed by atoms with Crippen LogP contribution in [0, 0.1) is 0 Å². The van der Waals surface area contributed by atoms with E-state index in [-0.39, 0.29) is 5.92 Å². The highest BCUT2D eigenvalue weighted by molar-refractivity contribution is 7.80. The topological polar surface area (TPSA) is 46.2 Å². The van der Waals surface area contributed by atoms with Gasteiger partial charge in [-0.3, -0.25) is 9.05 Å². The standard InChI is InChI=1S/C68H56O5P2/c1-46(2)61-32-19-33-62(74(59-28-7-5-8-29-59)60-30-9-6-10-31-60)63(61)71-75-72-67(55-38-34-47-20-11-15-24-51(47)42-55,56-39-35-48-21-12-16-25-52(48)43-56)64-65(70-66(3,4)69-64)68(73-75,57-40-36-49-22-13-17-26-53(49)44-57)58-41-37-50-23-14-18-27-54(50)45-58/h5-46,64-65H,1-4H3/t64-,65-/m1/s1. The maximum atomic E-state index is 8.26. The first-order valence-corrected chi connectivity index (χ1v) is 28.3. The van der Waals surface area contributed by atoms with Crippen LogP contribution in [0.15, 0.2) is 249 Å². The molecule has 0 N–H and O–H groups in total. The molecule has 2 atom stereocenters. The fourth-order valence-corrected chi connectivity index (χ4v) is 15.6. The molecule has 0 aliphatic carbocycles. The van der Waals surface area contributed by atoms with Gasteiger partial charge in [0.2, 0.25) is 0 Å². The van der Waals surface area contributed by atoms with Crippen molar-refractivity contribution >= 4 is 75.5 Å². The van der Waals surface area contributed by atoms with Crippen molar-refractivity contribution in [3.63, 3.8) is 0 Å². The van der Waals surface area contributed by atoms with E-state index in [1.165, 1.54) is 10.6 Å². The summed E-state index contributed by atoms with van der Waals surface area (Å²) in [6.07, 6.45) is -1.65. The van der Waals surface area contributed by atoms with Gasteiger partial charge in [0.25, 0.3) is 0 Å². The number of para-hydroxylation sites is 1. The molecule has 0 unspecified atom stereocenters. The molecule has 0 amide bonds. The quantitative estimate of drug-likeness (QED) is 0.128. The normalized spacial score (nSPS) is 18.2. The lowest BCUT2D eigenvalue weighted by Crippen LogP contribution is -2.53. The molecule has 0 saturated carbocycles. The van der Waals surface area contributed by atoms with Gasteiger partial charge in [0.15, 0.2) is 17.0 Å². The van der Waals surface area contributed by atoms with Gasteiger partial charge in [0, 0.05) is 5.30 Å². The zero-order chi connectivity index (χ0) is 50.7. The fraction of sp³-hybridized carbons (Fsp3) is 0.147. The zero-order valence-electron chi connectivity index (χ0n) is 42.3. The van der Waals surface area contributed by atoms with Gasteiger partial charge < -0.3 is 14.0 Å². The molecule has 368 valence electrons. The second-order valence-corrected chi connectivity index (χ2v) is 23.7. The molecule has 2 saturated heterocycles. The maximum absolute atomic E-state index is 8.26. The van der Waals surface area contributed by atoms with Gasteiger partial charge in [-0.15, -0.1) is 0 Å². The summed E-state index contributed by atoms with van der Waals surface area (Å²) in [4.78, 5) is 0. The van der Waals surface area contributed by atoms with Crippen LogP contribution in [0.4, 0.5) is 0 Å². The van der Waals surface area contributed by atoms with E-state index in [0.29, 0.717) is 0 Å². The molecule has 2 aliphatic rings. The van der Waals surface area contributed by atoms with Crippen LogP contribution in [0.25, 0.3) is 43.1 Å². The van der Waals surface area contributed by atoms with Crippen LogP contribution in [0.3, 0.4) is 0 Å². The van der Waals surface area contributed by atoms with Crippen molar-refractivity contribution in [3.8, 4) is 5.75 Å². The number of rotatable bonds is 10. The highest BCUT2D eigenvalue weighted by atomic mass is 31.2. The molecule has 0 aromatic heterocycles. The van der Waals surface area contributed by atoms with Crippen molar-refractivity contribution < 1.29 is 23.0 Å². The van der Waals surface area contributed by atoms with E-state index in [1.54, 1.807) is 0 Å². The molecule has 2 heterocycles. The Kier molecular flexibility index (Phi) is 12.2. The Morgan fingerprint density at radius 2 is 0.747 bits per heavy atom. The van der Waals surface area contributed by atoms with Crippen molar-refractivity contribution in [2.75, 3.05) is 0 Å². The number of ether oxygens (including phenoxy) is 2. The summed E-state index contributed by atoms with van der Waals surface area (Å²) in [6, 6.07) is 88.9. The Morgan fingerprint density at radius 3 is 1.11 bits per heavy atom. The van der Waals surface area contributed by atoms with E-state index in [1.807, 2.05) is 13.8 Å². The minimum absolute atomic E-state index is 0.0774. The number of fused-ring (bicyclic) bond motifs is 5. The Hall–Kier alpha value is -7.04. The third kappa shape index (κ3) is 8.44. The molecular formula is C68H56O5P2. The SMILES string of the molecule is CC(C)c1cccc(P(c2ccccc2)c2ccccc2)c1OP1OC(c2ccc3ccccc3c2)(c2ccc3ccccc3c2)[C@@H]2OC(C)(C)O[C@H]2C(c2ccc3ccccc3c2)(c2ccc3ccccc3c2)O1. The lowest BCUT2D eigenvalue weighted by molar-refractivity contribution is -0.175. The Balaban J connectivity index is 1.15. The summed E-state index contributed by atoms with van der Waals surface area (Å²) >= 11 is 0. The van der Waals surface area contributed by atoms with Crippen molar-refractivity contribution in [1.29, 1.82) is 0 Å². The summed E-state index contributed by atoms with van der Waals surface area (Å²) in [6.45, 7) is 8.49. The van der Waals surface area contributed by atoms with Gasteiger partial charge in [-0.2, -0.15) is 0 Å². The van der Waals surface area contributed by atoms with Crippen molar-refractivity contribution in [3.05, 3.63) is 277 Å². The summed E-state index contributed by atoms with van der Waals surface area (Å²) in [5.41, 5.74) is 1.85. The van der Waals surface area contributed by atoms with Crippen LogP contribution in [-0.4, -0.2) is 18.0 Å². The molecule has 5 nitrogen and oxygen atoms in total. The van der Waals surface area contributed by atoms with E-state index in [2.05, 4.69) is 263 Å². The van der Waals surface area contributed by atoms with Crippen LogP contribution >= 0.6 is 16.5 Å². The van der Waals surface area contributed by atoms with Crippen LogP contribution < -0.4 is 20.4 Å². The zero-order valence-corrected chi connectivity index (χ0v) is 44.1. The maximum Gasteiger partial charge on any atom is 0.399 e. The molecule has 75 heavy (non-hydrogen) atoms. The highest BCUT2D eigenvalue weighted by Crippen LogP contribution is 2.66. The van der Waals surface area contributed by atoms with E-state index in [0.717, 1.165) is 82.0 Å². The van der Waals surface area contributed by atoms with Crippen LogP contribution in [0.2, 0.25) is 0 Å². The Morgan fingerprint density at radius 1 is 0.400 bits per heavy atom. The van der Waals surface area contributed by atoms with Crippen LogP contribution in [-0.2, 0) is 29.7 Å². The van der Waals surface area contributed by atoms with Gasteiger partial charge >= 0.3 is 8.60 Å². The molecule has 11 aromatic carbocycles. The molecule has 13 rings (SSSR count). The molecule has 0 radical (unpaired) electrons. The number of benzene rings is 11. The predicted molar refractivity (Wildman–Crippen MR) is 310 cm³/mol. The molecule has 0 spiro atoms. The van der Waals surface area contributed by atoms with Crippen molar-refractivity contribution in [2.24, 2.45) is 0 Å². The summed E-state index contributed by atoms with van der Waals surface area (Å²) in [5, 5.41) is 12.3. The van der Waals surface area contributed by atoms with E-state index in [9.17, 15) is 0 Å². The Labute approximate surface area is 441 Å². The Bertz CT molecular complexity index is 3520. The van der Waals surface area contributed by atoms with Gasteiger partial charge in [0.1, 0.15) is 18.0 Å². The number of hydrogen-bond donors (Lipinski definition) is 0. The van der Waals surface area contributed by atoms with Crippen molar-refractivity contribution in [1.82, 2.24) is 0 Å². The lowest BCUT2D eigenvalue weighted by Gasteiger charge is -2.41. The molecule has 7 heteroatoms. The first-order valence-electron chi connectivity index (χ1n) is 25.9. The van der Waals surface area contributed by atoms with E-state index < -0.39 is 45.7 Å². The van der Waals surface area contributed by atoms with Gasteiger partial charge in [-0.25, -0.2) is 0 Å². The largest absolute Gasteiger partial charge is 0.426 e. The van der Waals surface area contributed by atoms with E-state index >= 15 is 0 Å². The first-order chi connectivity index (χ1) is 36.7. The van der Waals surface area contributed by atoms with Gasteiger partial charge in [-0.05, 0) is 133 Å². The van der Waals surface area contributed by atoms with Crippen molar-refractivity contribution in [2.45, 2.75) is 62.8 Å². The second kappa shape index (κ2) is 19.3. The minimum Gasteiger partial charge on any atom is -0.426 e. The minimum atomic E-state index is -2.44. The lowest BCUT2D eigenvalue weighted by atomic mass is 9.71. The molecule has 0 bridgehead atoms. The number of hydrogen-bond acceptors (Lipinski definition) is 5. The average Bonchev–Trinajstić information content (AvgIpc) is 3.74. The molecule has 11 aromatic rings. The molecule has 2 aliphatic heterocycles. The van der Waals surface area contributed by atoms with E-state index in [4.69, 9.17) is 23.0 Å². The summed E-state index contributed by atoms with van der Waals surface area (Å²) in [5.74, 6) is -0.267. The molecule has 2 fully saturated rings. The summed E-state index contributed by atoms with van der Waals surface area (Å²) < 4.78 is 39.7. The third-order valence-electron chi connectivity index (χ3n) is 15.1. The monoisotopic (exact) mass is 1010 g/mol. The van der Waals surface area contributed by atoms with Crippen LogP contribution in [0.1, 0.15) is 61.4 Å². The highest BCUT2D eigenvalue weighted by Gasteiger charge is 2.68. The van der Waals surface area contributed by atoms with Gasteiger partial charge in [0.05, 0.1) is 0 Å².